The van der Waals surface area contributed by atoms with E-state index in [0.29, 0.717) is 51.5 Å². The number of nitrogens with zero attached hydrogens (tertiary/aromatic N) is 2. The molecule has 0 amide bonds. The van der Waals surface area contributed by atoms with E-state index in [-0.39, 0.29) is 0 Å². The molecule has 1 aromatic rings. The molecule has 20 heavy (non-hydrogen) atoms. The molecule has 114 valence electrons. The monoisotopic (exact) mass is 285 g/mol. The highest BCUT2D eigenvalue weighted by atomic mass is 16.6. The summed E-state index contributed by atoms with van der Waals surface area (Å²) in [6.07, 6.45) is 0. The number of ether oxygens (including phenoxy) is 4. The topological polar surface area (TPSA) is 74.7 Å². The summed E-state index contributed by atoms with van der Waals surface area (Å²) in [4.78, 5) is 8.37. The van der Waals surface area contributed by atoms with E-state index in [9.17, 15) is 0 Å². The van der Waals surface area contributed by atoms with Crippen LogP contribution in [0.4, 0.5) is 5.95 Å². The average Bonchev–Trinajstić information content (AvgIpc) is 2.45. The maximum absolute atomic E-state index is 5.50. The first-order chi connectivity index (χ1) is 9.76. The van der Waals surface area contributed by atoms with E-state index < -0.39 is 0 Å². The van der Waals surface area contributed by atoms with E-state index in [1.54, 1.807) is 20.2 Å². The first-order valence-electron chi connectivity index (χ1n) is 6.57. The van der Waals surface area contributed by atoms with Gasteiger partial charge in [0, 0.05) is 25.9 Å². The molecule has 0 aliphatic carbocycles. The number of hydrogen-bond acceptors (Lipinski definition) is 7. The van der Waals surface area contributed by atoms with Gasteiger partial charge in [-0.1, -0.05) is 0 Å². The quantitative estimate of drug-likeness (QED) is 0.605. The lowest BCUT2D eigenvalue weighted by Crippen LogP contribution is -2.13. The van der Waals surface area contributed by atoms with Crippen molar-refractivity contribution < 1.29 is 18.9 Å². The fourth-order valence-corrected chi connectivity index (χ4v) is 1.39. The molecule has 0 saturated carbocycles. The van der Waals surface area contributed by atoms with Crippen molar-refractivity contribution >= 4 is 5.95 Å². The van der Waals surface area contributed by atoms with Gasteiger partial charge in [0.1, 0.15) is 6.61 Å². The molecule has 0 aliphatic heterocycles. The largest absolute Gasteiger partial charge is 0.475 e. The molecule has 0 atom stereocenters. The third-order valence-corrected chi connectivity index (χ3v) is 2.34. The van der Waals surface area contributed by atoms with Crippen molar-refractivity contribution in [2.75, 3.05) is 59.1 Å². The fourth-order valence-electron chi connectivity index (χ4n) is 1.39. The summed E-state index contributed by atoms with van der Waals surface area (Å²) in [5.41, 5.74) is 0.854. The van der Waals surface area contributed by atoms with Gasteiger partial charge in [-0.3, -0.25) is 0 Å². The van der Waals surface area contributed by atoms with Crippen molar-refractivity contribution in [2.24, 2.45) is 0 Å². The third-order valence-electron chi connectivity index (χ3n) is 2.34. The van der Waals surface area contributed by atoms with E-state index in [1.807, 2.05) is 6.92 Å². The minimum atomic E-state index is 0.442. The summed E-state index contributed by atoms with van der Waals surface area (Å²) in [5, 5.41) is 2.88. The van der Waals surface area contributed by atoms with Gasteiger partial charge < -0.3 is 24.3 Å². The number of anilines is 1. The highest BCUT2D eigenvalue weighted by Crippen LogP contribution is 2.11. The van der Waals surface area contributed by atoms with Crippen molar-refractivity contribution in [3.63, 3.8) is 0 Å². The lowest BCUT2D eigenvalue weighted by molar-refractivity contribution is 0.0176. The predicted molar refractivity (Wildman–Crippen MR) is 75.3 cm³/mol. The van der Waals surface area contributed by atoms with Gasteiger partial charge in [0.25, 0.3) is 0 Å². The molecule has 0 spiro atoms. The molecular weight excluding hydrogens is 262 g/mol. The van der Waals surface area contributed by atoms with E-state index in [0.717, 1.165) is 5.69 Å². The standard InChI is InChI=1S/C13H23N3O4/c1-11-10-12(16-13(14-2)15-11)20-9-8-19-7-6-18-5-4-17-3/h10H,4-9H2,1-3H3,(H,14,15,16). The van der Waals surface area contributed by atoms with Crippen molar-refractivity contribution in [2.45, 2.75) is 6.92 Å². The number of nitrogens with one attached hydrogen (secondary N) is 1. The Hall–Kier alpha value is -1.44. The normalized spacial score (nSPS) is 10.6. The summed E-state index contributed by atoms with van der Waals surface area (Å²) in [5.74, 6) is 1.09. The minimum Gasteiger partial charge on any atom is -0.475 e. The summed E-state index contributed by atoms with van der Waals surface area (Å²) in [7, 11) is 3.41. The van der Waals surface area contributed by atoms with Crippen molar-refractivity contribution in [1.82, 2.24) is 9.97 Å². The molecule has 1 N–H and O–H groups in total. The van der Waals surface area contributed by atoms with E-state index in [4.69, 9.17) is 18.9 Å². The number of methoxy groups -OCH3 is 1. The molecule has 0 bridgehead atoms. The maximum Gasteiger partial charge on any atom is 0.225 e. The zero-order valence-corrected chi connectivity index (χ0v) is 12.3. The number of hydrogen-bond donors (Lipinski definition) is 1. The van der Waals surface area contributed by atoms with E-state index >= 15 is 0 Å². The van der Waals surface area contributed by atoms with Gasteiger partial charge in [0.05, 0.1) is 33.0 Å². The average molecular weight is 285 g/mol. The summed E-state index contributed by atoms with van der Waals surface area (Å²) in [6.45, 7) is 5.11. The second-order valence-corrected chi connectivity index (χ2v) is 3.99. The van der Waals surface area contributed by atoms with Crippen LogP contribution in [0.3, 0.4) is 0 Å². The molecule has 0 radical (unpaired) electrons. The Kier molecular flexibility index (Phi) is 8.61. The molecular formula is C13H23N3O4. The molecule has 1 heterocycles. The molecule has 1 aromatic heterocycles. The van der Waals surface area contributed by atoms with Crippen molar-refractivity contribution in [1.29, 1.82) is 0 Å². The Morgan fingerprint density at radius 3 is 2.30 bits per heavy atom. The molecule has 0 unspecified atom stereocenters. The van der Waals surface area contributed by atoms with Crippen LogP contribution >= 0.6 is 0 Å². The Labute approximate surface area is 119 Å². The zero-order valence-electron chi connectivity index (χ0n) is 12.3. The Balaban J connectivity index is 2.08. The molecule has 7 nitrogen and oxygen atoms in total. The van der Waals surface area contributed by atoms with Gasteiger partial charge in [-0.25, -0.2) is 4.98 Å². The molecule has 7 heteroatoms. The van der Waals surface area contributed by atoms with Crippen LogP contribution in [0.1, 0.15) is 5.69 Å². The van der Waals surface area contributed by atoms with Gasteiger partial charge in [-0.05, 0) is 6.92 Å². The van der Waals surface area contributed by atoms with Crippen LogP contribution in [-0.4, -0.2) is 63.8 Å². The van der Waals surface area contributed by atoms with Crippen LogP contribution in [0, 0.1) is 6.92 Å². The van der Waals surface area contributed by atoms with Crippen LogP contribution in [0.5, 0.6) is 5.88 Å². The Morgan fingerprint density at radius 1 is 1.00 bits per heavy atom. The maximum atomic E-state index is 5.50. The second kappa shape index (κ2) is 10.4. The van der Waals surface area contributed by atoms with E-state index in [2.05, 4.69) is 15.3 Å². The fraction of sp³-hybridized carbons (Fsp3) is 0.692. The second-order valence-electron chi connectivity index (χ2n) is 3.99. The first-order valence-corrected chi connectivity index (χ1v) is 6.57. The molecule has 1 rings (SSSR count). The Bertz CT molecular complexity index is 377. The highest BCUT2D eigenvalue weighted by Gasteiger charge is 2.01. The molecule has 0 aromatic carbocycles. The van der Waals surface area contributed by atoms with Crippen LogP contribution < -0.4 is 10.1 Å². The van der Waals surface area contributed by atoms with Crippen LogP contribution in [0.2, 0.25) is 0 Å². The zero-order chi connectivity index (χ0) is 14.6. The van der Waals surface area contributed by atoms with Gasteiger partial charge in [-0.15, -0.1) is 0 Å². The third kappa shape index (κ3) is 7.22. The minimum absolute atomic E-state index is 0.442. The summed E-state index contributed by atoms with van der Waals surface area (Å²) < 4.78 is 21.0. The molecule has 0 saturated heterocycles. The van der Waals surface area contributed by atoms with Crippen LogP contribution in [0.15, 0.2) is 6.07 Å². The summed E-state index contributed by atoms with van der Waals surface area (Å²) in [6, 6.07) is 1.79. The number of aryl methyl sites for hydroxylation is 1. The van der Waals surface area contributed by atoms with Crippen LogP contribution in [-0.2, 0) is 14.2 Å². The van der Waals surface area contributed by atoms with Gasteiger partial charge >= 0.3 is 0 Å². The van der Waals surface area contributed by atoms with Crippen LogP contribution in [0.25, 0.3) is 0 Å². The summed E-state index contributed by atoms with van der Waals surface area (Å²) >= 11 is 0. The molecule has 0 aliphatic rings. The lowest BCUT2D eigenvalue weighted by atomic mass is 10.4. The number of aromatic nitrogens is 2. The van der Waals surface area contributed by atoms with Crippen molar-refractivity contribution in [3.05, 3.63) is 11.8 Å². The van der Waals surface area contributed by atoms with Crippen molar-refractivity contribution in [3.8, 4) is 5.88 Å². The predicted octanol–water partition coefficient (Wildman–Crippen LogP) is 0.885. The smallest absolute Gasteiger partial charge is 0.225 e. The van der Waals surface area contributed by atoms with E-state index in [1.165, 1.54) is 0 Å². The highest BCUT2D eigenvalue weighted by molar-refractivity contribution is 5.29. The lowest BCUT2D eigenvalue weighted by Gasteiger charge is -2.08. The number of rotatable bonds is 11. The molecule has 0 fully saturated rings. The van der Waals surface area contributed by atoms with Gasteiger partial charge in [0.2, 0.25) is 11.8 Å². The Morgan fingerprint density at radius 2 is 1.65 bits per heavy atom. The first kappa shape index (κ1) is 16.6. The SMILES string of the molecule is CNc1nc(C)cc(OCCOCCOCCOC)n1. The van der Waals surface area contributed by atoms with Gasteiger partial charge in [0.15, 0.2) is 0 Å². The van der Waals surface area contributed by atoms with Gasteiger partial charge in [-0.2, -0.15) is 4.98 Å².